The van der Waals surface area contributed by atoms with Gasteiger partial charge in [-0.1, -0.05) is 0 Å². The van der Waals surface area contributed by atoms with E-state index in [1.54, 1.807) is 18.3 Å². The Morgan fingerprint density at radius 3 is 2.64 bits per heavy atom. The standard InChI is InChI=1S/C19H22N4O5/c1-26-16-11-13(4-5-15(16)27-12-17(20)24)19(25)28-14-6-9-23(10-7-14)18-3-2-8-21-22-18/h2-5,8,11,14H,6-7,9-10,12H2,1H3,(H2,20,24). The molecule has 2 N–H and O–H groups in total. The first-order valence-corrected chi connectivity index (χ1v) is 8.89. The Bertz CT molecular complexity index is 822. The number of hydrogen-bond acceptors (Lipinski definition) is 8. The van der Waals surface area contributed by atoms with E-state index >= 15 is 0 Å². The van der Waals surface area contributed by atoms with Gasteiger partial charge in [-0.3, -0.25) is 4.79 Å². The smallest absolute Gasteiger partial charge is 0.338 e. The maximum absolute atomic E-state index is 12.5. The molecule has 2 aromatic rings. The lowest BCUT2D eigenvalue weighted by molar-refractivity contribution is -0.119. The molecule has 1 amide bonds. The summed E-state index contributed by atoms with van der Waals surface area (Å²) in [5.41, 5.74) is 5.42. The predicted octanol–water partition coefficient (Wildman–Crippen LogP) is 1.18. The molecule has 1 saturated heterocycles. The fraction of sp³-hybridized carbons (Fsp3) is 0.368. The summed E-state index contributed by atoms with van der Waals surface area (Å²) < 4.78 is 16.1. The minimum absolute atomic E-state index is 0.169. The quantitative estimate of drug-likeness (QED) is 0.705. The monoisotopic (exact) mass is 386 g/mol. The van der Waals surface area contributed by atoms with Gasteiger partial charge in [0.05, 0.1) is 12.7 Å². The summed E-state index contributed by atoms with van der Waals surface area (Å²) in [6.45, 7) is 1.20. The number of amides is 1. The van der Waals surface area contributed by atoms with Crippen LogP contribution in [0.3, 0.4) is 0 Å². The lowest BCUT2D eigenvalue weighted by Crippen LogP contribution is -2.38. The van der Waals surface area contributed by atoms with Crippen molar-refractivity contribution in [1.29, 1.82) is 0 Å². The molecule has 0 spiro atoms. The molecule has 1 fully saturated rings. The first-order chi connectivity index (χ1) is 13.6. The average molecular weight is 386 g/mol. The SMILES string of the molecule is COc1cc(C(=O)OC2CCN(c3cccnn3)CC2)ccc1OCC(N)=O. The summed E-state index contributed by atoms with van der Waals surface area (Å²) in [5.74, 6) is 0.447. The Kier molecular flexibility index (Phi) is 6.25. The van der Waals surface area contributed by atoms with Gasteiger partial charge in [0, 0.05) is 32.1 Å². The highest BCUT2D eigenvalue weighted by molar-refractivity contribution is 5.90. The molecule has 2 heterocycles. The summed E-state index contributed by atoms with van der Waals surface area (Å²) >= 11 is 0. The van der Waals surface area contributed by atoms with E-state index in [0.717, 1.165) is 18.9 Å². The number of rotatable bonds is 7. The van der Waals surface area contributed by atoms with Crippen LogP contribution in [0.15, 0.2) is 36.5 Å². The van der Waals surface area contributed by atoms with Crippen molar-refractivity contribution in [3.8, 4) is 11.5 Å². The third-order valence-electron chi connectivity index (χ3n) is 4.37. The molecule has 0 saturated carbocycles. The Morgan fingerprint density at radius 1 is 1.21 bits per heavy atom. The summed E-state index contributed by atoms with van der Waals surface area (Å²) in [4.78, 5) is 25.5. The second kappa shape index (κ2) is 9.03. The number of methoxy groups -OCH3 is 1. The van der Waals surface area contributed by atoms with E-state index in [2.05, 4.69) is 15.1 Å². The van der Waals surface area contributed by atoms with Gasteiger partial charge in [-0.2, -0.15) is 5.10 Å². The van der Waals surface area contributed by atoms with Crippen LogP contribution in [0.4, 0.5) is 5.82 Å². The molecule has 0 atom stereocenters. The molecule has 1 aromatic carbocycles. The Labute approximate surface area is 162 Å². The number of aromatic nitrogens is 2. The van der Waals surface area contributed by atoms with Crippen molar-refractivity contribution < 1.29 is 23.8 Å². The van der Waals surface area contributed by atoms with Crippen LogP contribution in [-0.2, 0) is 9.53 Å². The van der Waals surface area contributed by atoms with Crippen LogP contribution >= 0.6 is 0 Å². The molecule has 9 nitrogen and oxygen atoms in total. The number of hydrogen-bond donors (Lipinski definition) is 1. The van der Waals surface area contributed by atoms with Crippen LogP contribution < -0.4 is 20.1 Å². The molecular weight excluding hydrogens is 364 g/mol. The van der Waals surface area contributed by atoms with Gasteiger partial charge in [0.1, 0.15) is 6.10 Å². The first-order valence-electron chi connectivity index (χ1n) is 8.89. The largest absolute Gasteiger partial charge is 0.493 e. The van der Waals surface area contributed by atoms with Crippen molar-refractivity contribution >= 4 is 17.7 Å². The third-order valence-corrected chi connectivity index (χ3v) is 4.37. The highest BCUT2D eigenvalue weighted by Gasteiger charge is 2.24. The van der Waals surface area contributed by atoms with E-state index in [9.17, 15) is 9.59 Å². The van der Waals surface area contributed by atoms with E-state index < -0.39 is 11.9 Å². The number of benzene rings is 1. The highest BCUT2D eigenvalue weighted by atomic mass is 16.5. The van der Waals surface area contributed by atoms with Crippen molar-refractivity contribution in [2.24, 2.45) is 5.73 Å². The fourth-order valence-corrected chi connectivity index (χ4v) is 2.95. The number of nitrogens with zero attached hydrogens (tertiary/aromatic N) is 3. The predicted molar refractivity (Wildman–Crippen MR) is 100 cm³/mol. The summed E-state index contributed by atoms with van der Waals surface area (Å²) in [6.07, 6.45) is 2.88. The number of anilines is 1. The van der Waals surface area contributed by atoms with E-state index in [0.29, 0.717) is 29.9 Å². The van der Waals surface area contributed by atoms with Crippen LogP contribution in [0.25, 0.3) is 0 Å². The van der Waals surface area contributed by atoms with Crippen LogP contribution in [-0.4, -0.2) is 55.0 Å². The van der Waals surface area contributed by atoms with E-state index in [4.69, 9.17) is 19.9 Å². The van der Waals surface area contributed by atoms with Gasteiger partial charge in [-0.15, -0.1) is 5.10 Å². The summed E-state index contributed by atoms with van der Waals surface area (Å²) in [7, 11) is 1.45. The van der Waals surface area contributed by atoms with Crippen molar-refractivity contribution in [2.45, 2.75) is 18.9 Å². The molecule has 1 aliphatic rings. The number of nitrogens with two attached hydrogens (primary N) is 1. The maximum Gasteiger partial charge on any atom is 0.338 e. The Hall–Kier alpha value is -3.36. The Balaban J connectivity index is 1.57. The average Bonchev–Trinajstić information content (AvgIpc) is 2.73. The number of piperidine rings is 1. The Morgan fingerprint density at radius 2 is 2.00 bits per heavy atom. The van der Waals surface area contributed by atoms with Crippen molar-refractivity contribution in [2.75, 3.05) is 31.7 Å². The van der Waals surface area contributed by atoms with Gasteiger partial charge < -0.3 is 24.8 Å². The first kappa shape index (κ1) is 19.4. The summed E-state index contributed by atoms with van der Waals surface area (Å²) in [5, 5.41) is 7.99. The molecule has 148 valence electrons. The van der Waals surface area contributed by atoms with Crippen LogP contribution in [0, 0.1) is 0 Å². The van der Waals surface area contributed by atoms with Gasteiger partial charge in [0.2, 0.25) is 0 Å². The number of esters is 1. The molecule has 1 aliphatic heterocycles. The lowest BCUT2D eigenvalue weighted by Gasteiger charge is -2.32. The third kappa shape index (κ3) is 4.87. The van der Waals surface area contributed by atoms with E-state index in [1.807, 2.05) is 12.1 Å². The molecular formula is C19H22N4O5. The number of carbonyl (C=O) groups is 2. The zero-order chi connectivity index (χ0) is 19.9. The van der Waals surface area contributed by atoms with Crippen LogP contribution in [0.5, 0.6) is 11.5 Å². The zero-order valence-corrected chi connectivity index (χ0v) is 15.5. The number of ether oxygens (including phenoxy) is 3. The summed E-state index contributed by atoms with van der Waals surface area (Å²) in [6, 6.07) is 8.39. The molecule has 1 aromatic heterocycles. The van der Waals surface area contributed by atoms with Gasteiger partial charge in [-0.25, -0.2) is 4.79 Å². The normalized spacial score (nSPS) is 14.4. The molecule has 3 rings (SSSR count). The van der Waals surface area contributed by atoms with E-state index in [-0.39, 0.29) is 12.7 Å². The number of primary amides is 1. The molecule has 0 radical (unpaired) electrons. The van der Waals surface area contributed by atoms with Gasteiger partial charge in [-0.05, 0) is 30.3 Å². The van der Waals surface area contributed by atoms with Crippen molar-refractivity contribution in [3.05, 3.63) is 42.1 Å². The fourth-order valence-electron chi connectivity index (χ4n) is 2.95. The molecule has 28 heavy (non-hydrogen) atoms. The number of carbonyl (C=O) groups excluding carboxylic acids is 2. The van der Waals surface area contributed by atoms with Gasteiger partial charge in [0.15, 0.2) is 23.9 Å². The van der Waals surface area contributed by atoms with Crippen molar-refractivity contribution in [1.82, 2.24) is 10.2 Å². The van der Waals surface area contributed by atoms with Crippen LogP contribution in [0.1, 0.15) is 23.2 Å². The minimum atomic E-state index is -0.599. The minimum Gasteiger partial charge on any atom is -0.493 e. The second-order valence-corrected chi connectivity index (χ2v) is 6.29. The zero-order valence-electron chi connectivity index (χ0n) is 15.5. The van der Waals surface area contributed by atoms with E-state index in [1.165, 1.54) is 13.2 Å². The maximum atomic E-state index is 12.5. The van der Waals surface area contributed by atoms with Gasteiger partial charge >= 0.3 is 5.97 Å². The van der Waals surface area contributed by atoms with Crippen molar-refractivity contribution in [3.63, 3.8) is 0 Å². The molecule has 9 heteroatoms. The lowest BCUT2D eigenvalue weighted by atomic mass is 10.1. The van der Waals surface area contributed by atoms with Crippen LogP contribution in [0.2, 0.25) is 0 Å². The molecule has 0 aliphatic carbocycles. The topological polar surface area (TPSA) is 117 Å². The second-order valence-electron chi connectivity index (χ2n) is 6.29. The van der Waals surface area contributed by atoms with Gasteiger partial charge in [0.25, 0.3) is 5.91 Å². The molecule has 0 unspecified atom stereocenters. The highest BCUT2D eigenvalue weighted by Crippen LogP contribution is 2.29. The molecule has 0 bridgehead atoms.